The number of ether oxygens (including phenoxy) is 1. The Morgan fingerprint density at radius 3 is 2.51 bits per heavy atom. The molecule has 0 spiro atoms. The fourth-order valence-corrected chi connectivity index (χ4v) is 5.34. The molecule has 0 aliphatic carbocycles. The van der Waals surface area contributed by atoms with Gasteiger partial charge in [-0.3, -0.25) is 19.2 Å². The van der Waals surface area contributed by atoms with Gasteiger partial charge in [0.1, 0.15) is 5.75 Å². The molecule has 1 aliphatic heterocycles. The molecule has 0 unspecified atom stereocenters. The van der Waals surface area contributed by atoms with E-state index in [0.717, 1.165) is 23.4 Å². The first-order valence-corrected chi connectivity index (χ1v) is 14.2. The Bertz CT molecular complexity index is 1590. The molecule has 43 heavy (non-hydrogen) atoms. The Balaban J connectivity index is 1.34. The van der Waals surface area contributed by atoms with Crippen LogP contribution in [0, 0.1) is 5.92 Å². The van der Waals surface area contributed by atoms with Crippen molar-refractivity contribution in [1.29, 1.82) is 0 Å². The third kappa shape index (κ3) is 6.06. The summed E-state index contributed by atoms with van der Waals surface area (Å²) in [6.07, 6.45) is 7.42. The van der Waals surface area contributed by atoms with E-state index in [-0.39, 0.29) is 13.2 Å². The Labute approximate surface area is 250 Å². The number of methoxy groups -OCH3 is 1. The van der Waals surface area contributed by atoms with Crippen LogP contribution in [0.3, 0.4) is 0 Å². The molecule has 2 N–H and O–H groups in total. The average Bonchev–Trinajstić information content (AvgIpc) is 3.57. The van der Waals surface area contributed by atoms with Gasteiger partial charge in [0.25, 0.3) is 5.91 Å². The molecule has 10 nitrogen and oxygen atoms in total. The van der Waals surface area contributed by atoms with Gasteiger partial charge < -0.3 is 19.8 Å². The topological polar surface area (TPSA) is 121 Å². The predicted octanol–water partition coefficient (Wildman–Crippen LogP) is 4.13. The molecular weight excluding hydrogens is 546 g/mol. The minimum absolute atomic E-state index is 0.0182. The van der Waals surface area contributed by atoms with Gasteiger partial charge in [-0.2, -0.15) is 0 Å². The lowest BCUT2D eigenvalue weighted by atomic mass is 9.83. The zero-order valence-electron chi connectivity index (χ0n) is 24.2. The fraction of sp³-hybridized carbons (Fsp3) is 0.273. The second-order valence-electron chi connectivity index (χ2n) is 10.5. The number of hydrogen-bond donors (Lipinski definition) is 2. The van der Waals surface area contributed by atoms with Gasteiger partial charge in [-0.15, -0.1) is 5.10 Å². The highest BCUT2D eigenvalue weighted by Gasteiger charge is 2.52. The monoisotopic (exact) mass is 581 g/mol. The number of aryl methyl sites for hydroxylation is 1. The summed E-state index contributed by atoms with van der Waals surface area (Å²) in [5.74, 6) is -0.404. The summed E-state index contributed by atoms with van der Waals surface area (Å²) in [6, 6.07) is 22.1. The number of amides is 2. The van der Waals surface area contributed by atoms with Crippen LogP contribution >= 0.6 is 0 Å². The Kier molecular flexibility index (Phi) is 8.98. The van der Waals surface area contributed by atoms with Crippen LogP contribution in [0.1, 0.15) is 30.2 Å². The molecule has 2 amide bonds. The maximum absolute atomic E-state index is 14.0. The number of benzene rings is 3. The lowest BCUT2D eigenvalue weighted by molar-refractivity contribution is -0.139. The molecule has 0 saturated heterocycles. The Morgan fingerprint density at radius 2 is 1.81 bits per heavy atom. The highest BCUT2D eigenvalue weighted by molar-refractivity contribution is 6.07. The first-order valence-electron chi connectivity index (χ1n) is 14.2. The van der Waals surface area contributed by atoms with Crippen molar-refractivity contribution in [1.82, 2.24) is 15.0 Å². The van der Waals surface area contributed by atoms with E-state index < -0.39 is 17.4 Å². The maximum atomic E-state index is 14.0. The number of anilines is 3. The van der Waals surface area contributed by atoms with Gasteiger partial charge in [-0.1, -0.05) is 54.6 Å². The molecule has 0 saturated carbocycles. The van der Waals surface area contributed by atoms with Gasteiger partial charge in [0.15, 0.2) is 5.60 Å². The molecular formula is C33H35N5O5. The second-order valence-corrected chi connectivity index (χ2v) is 10.5. The summed E-state index contributed by atoms with van der Waals surface area (Å²) in [5.41, 5.74) is 2.35. The van der Waals surface area contributed by atoms with Crippen LogP contribution in [0.2, 0.25) is 0 Å². The number of aliphatic hydroxyl groups is 2. The molecule has 1 aliphatic rings. The zero-order valence-corrected chi connectivity index (χ0v) is 24.2. The van der Waals surface area contributed by atoms with Crippen molar-refractivity contribution >= 4 is 29.4 Å². The fourth-order valence-electron chi connectivity index (χ4n) is 5.34. The number of aliphatic hydroxyl groups excluding tert-OH is 1. The summed E-state index contributed by atoms with van der Waals surface area (Å²) in [5, 5.41) is 29.2. The van der Waals surface area contributed by atoms with Gasteiger partial charge in [0.05, 0.1) is 25.0 Å². The number of nitrogens with zero attached hydrogens (tertiary/aromatic N) is 5. The highest BCUT2D eigenvalue weighted by atomic mass is 16.5. The lowest BCUT2D eigenvalue weighted by Gasteiger charge is -2.28. The number of carbonyl (C=O) groups excluding carboxylic acids is 2. The molecule has 0 radical (unpaired) electrons. The van der Waals surface area contributed by atoms with E-state index in [4.69, 9.17) is 9.84 Å². The molecule has 5 rings (SSSR count). The summed E-state index contributed by atoms with van der Waals surface area (Å²) in [6.45, 7) is 2.66. The third-order valence-electron chi connectivity index (χ3n) is 7.73. The summed E-state index contributed by atoms with van der Waals surface area (Å²) in [4.78, 5) is 29.0. The van der Waals surface area contributed by atoms with Gasteiger partial charge in [-0.05, 0) is 54.4 Å². The predicted molar refractivity (Wildman–Crippen MR) is 163 cm³/mol. The van der Waals surface area contributed by atoms with Crippen LogP contribution in [0.25, 0.3) is 0 Å². The molecule has 222 valence electrons. The summed E-state index contributed by atoms with van der Waals surface area (Å²) < 4.78 is 7.13. The summed E-state index contributed by atoms with van der Waals surface area (Å²) in [7, 11) is 1.55. The van der Waals surface area contributed by atoms with Crippen molar-refractivity contribution in [2.75, 3.05) is 23.5 Å². The average molecular weight is 582 g/mol. The van der Waals surface area contributed by atoms with E-state index in [1.165, 1.54) is 0 Å². The molecule has 2 heterocycles. The highest BCUT2D eigenvalue weighted by Crippen LogP contribution is 2.47. The number of allylic oxidation sites excluding steroid dienone is 1. The minimum atomic E-state index is -1.79. The SMILES string of the molecule is COc1ccc2c(c1)[C@](O)([C@@H](C)/C=C/CCn1cc(CCO)nn1)C(=O)N2Cc1ccc(N(C=O)c2ccccc2)cc1. The Morgan fingerprint density at radius 1 is 1.07 bits per heavy atom. The van der Waals surface area contributed by atoms with Crippen molar-refractivity contribution in [3.63, 3.8) is 0 Å². The molecule has 1 aromatic heterocycles. The standard InChI is InChI=1S/C33H35N5O5/c1-24(8-6-7-18-36-22-26(17-19-39)34-35-36)33(42)30-20-29(43-2)15-16-31(30)37(32(33)41)21-25-11-13-28(14-12-25)38(23-40)27-9-4-3-5-10-27/h3-6,8-16,20,22-24,39,42H,7,17-19,21H2,1-2H3/b8-6+/t24-,33+/m0/s1. The van der Waals surface area contributed by atoms with E-state index >= 15 is 0 Å². The Hall–Kier alpha value is -4.80. The minimum Gasteiger partial charge on any atom is -0.497 e. The first kappa shape index (κ1) is 29.7. The molecule has 3 aromatic carbocycles. The van der Waals surface area contributed by atoms with Crippen molar-refractivity contribution in [2.24, 2.45) is 5.92 Å². The molecule has 10 heteroatoms. The number of fused-ring (bicyclic) bond motifs is 1. The van der Waals surface area contributed by atoms with Crippen LogP contribution < -0.4 is 14.5 Å². The molecule has 0 fully saturated rings. The molecule has 0 bridgehead atoms. The van der Waals surface area contributed by atoms with Crippen LogP contribution in [0.4, 0.5) is 17.1 Å². The van der Waals surface area contributed by atoms with Crippen molar-refractivity contribution < 1.29 is 24.5 Å². The number of aromatic nitrogens is 3. The van der Waals surface area contributed by atoms with Crippen LogP contribution in [-0.2, 0) is 34.7 Å². The summed E-state index contributed by atoms with van der Waals surface area (Å²) >= 11 is 0. The van der Waals surface area contributed by atoms with Gasteiger partial charge in [0.2, 0.25) is 6.41 Å². The largest absolute Gasteiger partial charge is 0.497 e. The number of carbonyl (C=O) groups is 2. The van der Waals surface area contributed by atoms with Crippen LogP contribution in [0.5, 0.6) is 5.75 Å². The molecule has 2 atom stereocenters. The first-order chi connectivity index (χ1) is 20.9. The quantitative estimate of drug-likeness (QED) is 0.180. The van der Waals surface area contributed by atoms with Gasteiger partial charge in [-0.25, -0.2) is 0 Å². The van der Waals surface area contributed by atoms with E-state index in [2.05, 4.69) is 10.3 Å². The third-order valence-corrected chi connectivity index (χ3v) is 7.73. The number of para-hydroxylation sites is 1. The van der Waals surface area contributed by atoms with E-state index in [9.17, 15) is 14.7 Å². The van der Waals surface area contributed by atoms with Crippen molar-refractivity contribution in [3.05, 3.63) is 108 Å². The molecule has 4 aromatic rings. The van der Waals surface area contributed by atoms with E-state index in [1.54, 1.807) is 46.0 Å². The van der Waals surface area contributed by atoms with Crippen LogP contribution in [-0.4, -0.2) is 51.2 Å². The maximum Gasteiger partial charge on any atom is 0.264 e. The lowest BCUT2D eigenvalue weighted by Crippen LogP contribution is -2.44. The van der Waals surface area contributed by atoms with Gasteiger partial charge in [0, 0.05) is 48.6 Å². The smallest absolute Gasteiger partial charge is 0.264 e. The van der Waals surface area contributed by atoms with Gasteiger partial charge >= 0.3 is 0 Å². The zero-order chi connectivity index (χ0) is 30.4. The van der Waals surface area contributed by atoms with E-state index in [0.29, 0.717) is 42.1 Å². The van der Waals surface area contributed by atoms with Crippen molar-refractivity contribution in [3.8, 4) is 5.75 Å². The van der Waals surface area contributed by atoms with Crippen molar-refractivity contribution in [2.45, 2.75) is 38.5 Å². The van der Waals surface area contributed by atoms with E-state index in [1.807, 2.05) is 73.7 Å². The second kappa shape index (κ2) is 13.0. The number of rotatable bonds is 13. The van der Waals surface area contributed by atoms with Crippen LogP contribution in [0.15, 0.2) is 91.1 Å². The normalized spacial score (nSPS) is 16.8. The number of hydrogen-bond acceptors (Lipinski definition) is 7.